The van der Waals surface area contributed by atoms with Crippen molar-refractivity contribution in [1.82, 2.24) is 0 Å². The molecule has 0 saturated carbocycles. The van der Waals surface area contributed by atoms with Gasteiger partial charge in [0, 0.05) is 24.3 Å². The summed E-state index contributed by atoms with van der Waals surface area (Å²) in [6.07, 6.45) is 6.88. The van der Waals surface area contributed by atoms with Gasteiger partial charge in [0.05, 0.1) is 13.0 Å². The van der Waals surface area contributed by atoms with E-state index in [0.29, 0.717) is 6.61 Å². The lowest BCUT2D eigenvalue weighted by Crippen LogP contribution is -2.30. The van der Waals surface area contributed by atoms with Gasteiger partial charge in [-0.15, -0.1) is 0 Å². The number of hydrogen-bond acceptors (Lipinski definition) is 3. The van der Waals surface area contributed by atoms with Gasteiger partial charge in [0.15, 0.2) is 0 Å². The summed E-state index contributed by atoms with van der Waals surface area (Å²) < 4.78 is 5.51. The van der Waals surface area contributed by atoms with E-state index >= 15 is 0 Å². The summed E-state index contributed by atoms with van der Waals surface area (Å²) in [6.45, 7) is 15.4. The standard InChI is InChI=1S/C16H25N.C13H17NO2/c1-14(2)10-11-15-8-4-5-9-16(15)17-12-6-3-7-13-17;1-4-16-12-7-10(8-13(14)15)5-6-11(12)9(2)3/h4-5,8-9,14H,3,6-7,10-13H2,1-2H3;5-7H,2,4,8H2,1,3H3,(H2,14,15). The van der Waals surface area contributed by atoms with Gasteiger partial charge in [0.1, 0.15) is 5.75 Å². The molecule has 180 valence electrons. The molecule has 3 rings (SSSR count). The molecule has 2 aromatic carbocycles. The van der Waals surface area contributed by atoms with Gasteiger partial charge in [0.25, 0.3) is 0 Å². The quantitative estimate of drug-likeness (QED) is 0.480. The number of anilines is 1. The van der Waals surface area contributed by atoms with Crippen LogP contribution in [-0.4, -0.2) is 25.6 Å². The Morgan fingerprint density at radius 1 is 1.12 bits per heavy atom. The van der Waals surface area contributed by atoms with Crippen molar-refractivity contribution in [3.05, 3.63) is 65.7 Å². The van der Waals surface area contributed by atoms with Crippen LogP contribution in [0.25, 0.3) is 5.57 Å². The second-order valence-electron chi connectivity index (χ2n) is 9.30. The van der Waals surface area contributed by atoms with Crippen molar-refractivity contribution in [2.75, 3.05) is 24.6 Å². The second kappa shape index (κ2) is 13.7. The molecule has 0 aliphatic carbocycles. The minimum atomic E-state index is -0.342. The van der Waals surface area contributed by atoms with Crippen LogP contribution in [0.1, 0.15) is 70.1 Å². The Morgan fingerprint density at radius 2 is 1.82 bits per heavy atom. The number of nitrogens with two attached hydrogens (primary N) is 1. The monoisotopic (exact) mass is 450 g/mol. The average Bonchev–Trinajstić information content (AvgIpc) is 2.79. The van der Waals surface area contributed by atoms with Crippen molar-refractivity contribution >= 4 is 17.2 Å². The molecule has 2 N–H and O–H groups in total. The Morgan fingerprint density at radius 3 is 2.42 bits per heavy atom. The molecule has 1 fully saturated rings. The molecule has 2 aromatic rings. The number of allylic oxidation sites excluding steroid dienone is 1. The summed E-state index contributed by atoms with van der Waals surface area (Å²) in [6, 6.07) is 14.6. The molecule has 1 aliphatic heterocycles. The number of para-hydroxylation sites is 1. The lowest BCUT2D eigenvalue weighted by molar-refractivity contribution is -0.117. The van der Waals surface area contributed by atoms with Crippen LogP contribution in [0.4, 0.5) is 5.69 Å². The van der Waals surface area contributed by atoms with Gasteiger partial charge in [-0.05, 0) is 80.7 Å². The molecule has 33 heavy (non-hydrogen) atoms. The zero-order valence-corrected chi connectivity index (χ0v) is 21.0. The first-order chi connectivity index (χ1) is 15.8. The summed E-state index contributed by atoms with van der Waals surface area (Å²) in [5.41, 5.74) is 11.0. The molecular formula is C29H42N2O2. The minimum Gasteiger partial charge on any atom is -0.493 e. The van der Waals surface area contributed by atoms with E-state index in [0.717, 1.165) is 28.4 Å². The van der Waals surface area contributed by atoms with Crippen LogP contribution < -0.4 is 15.4 Å². The predicted molar refractivity (Wildman–Crippen MR) is 141 cm³/mol. The number of ether oxygens (including phenoxy) is 1. The molecule has 0 atom stereocenters. The number of piperidine rings is 1. The van der Waals surface area contributed by atoms with Crippen LogP contribution in [-0.2, 0) is 17.6 Å². The van der Waals surface area contributed by atoms with Crippen molar-refractivity contribution in [3.63, 3.8) is 0 Å². The van der Waals surface area contributed by atoms with E-state index in [1.807, 2.05) is 32.0 Å². The molecule has 1 saturated heterocycles. The largest absolute Gasteiger partial charge is 0.493 e. The summed E-state index contributed by atoms with van der Waals surface area (Å²) in [7, 11) is 0. The number of aryl methyl sites for hydroxylation is 1. The first kappa shape index (κ1) is 26.5. The van der Waals surface area contributed by atoms with E-state index in [9.17, 15) is 4.79 Å². The van der Waals surface area contributed by atoms with Crippen LogP contribution in [0.2, 0.25) is 0 Å². The fourth-order valence-corrected chi connectivity index (χ4v) is 4.12. The normalized spacial score (nSPS) is 13.3. The number of nitrogens with zero attached hydrogens (tertiary/aromatic N) is 1. The third-order valence-corrected chi connectivity index (χ3v) is 5.86. The van der Waals surface area contributed by atoms with Crippen LogP contribution in [0.3, 0.4) is 0 Å². The maximum atomic E-state index is 10.8. The van der Waals surface area contributed by atoms with E-state index in [1.54, 1.807) is 5.56 Å². The van der Waals surface area contributed by atoms with Crippen molar-refractivity contribution in [2.24, 2.45) is 11.7 Å². The maximum absolute atomic E-state index is 10.8. The van der Waals surface area contributed by atoms with Gasteiger partial charge in [-0.3, -0.25) is 4.79 Å². The zero-order valence-electron chi connectivity index (χ0n) is 21.0. The molecule has 1 amide bonds. The van der Waals surface area contributed by atoms with Gasteiger partial charge in [-0.1, -0.05) is 50.8 Å². The summed E-state index contributed by atoms with van der Waals surface area (Å²) in [5, 5.41) is 0. The first-order valence-corrected chi connectivity index (χ1v) is 12.3. The predicted octanol–water partition coefficient (Wildman–Crippen LogP) is 6.41. The van der Waals surface area contributed by atoms with Crippen LogP contribution in [0, 0.1) is 5.92 Å². The van der Waals surface area contributed by atoms with E-state index in [1.165, 1.54) is 50.9 Å². The lowest BCUT2D eigenvalue weighted by atomic mass is 10.00. The SMILES string of the molecule is C=C(C)c1ccc(CC(N)=O)cc1OCC.CC(C)CCc1ccccc1N1CCCCC1. The number of amides is 1. The average molecular weight is 451 g/mol. The van der Waals surface area contributed by atoms with E-state index in [2.05, 4.69) is 49.6 Å². The maximum Gasteiger partial charge on any atom is 0.221 e. The summed E-state index contributed by atoms with van der Waals surface area (Å²) >= 11 is 0. The van der Waals surface area contributed by atoms with Crippen molar-refractivity contribution in [2.45, 2.75) is 66.2 Å². The van der Waals surface area contributed by atoms with Gasteiger partial charge >= 0.3 is 0 Å². The molecule has 0 unspecified atom stereocenters. The summed E-state index contributed by atoms with van der Waals surface area (Å²) in [5.74, 6) is 1.21. The molecular weight excluding hydrogens is 408 g/mol. The molecule has 4 nitrogen and oxygen atoms in total. The van der Waals surface area contributed by atoms with Crippen LogP contribution >= 0.6 is 0 Å². The van der Waals surface area contributed by atoms with Crippen LogP contribution in [0.5, 0.6) is 5.75 Å². The Bertz CT molecular complexity index is 898. The number of rotatable bonds is 9. The van der Waals surface area contributed by atoms with E-state index in [-0.39, 0.29) is 12.3 Å². The third-order valence-electron chi connectivity index (χ3n) is 5.86. The fourth-order valence-electron chi connectivity index (χ4n) is 4.12. The molecule has 0 radical (unpaired) electrons. The zero-order chi connectivity index (χ0) is 24.2. The summed E-state index contributed by atoms with van der Waals surface area (Å²) in [4.78, 5) is 13.4. The highest BCUT2D eigenvalue weighted by Crippen LogP contribution is 2.27. The van der Waals surface area contributed by atoms with Gasteiger partial charge in [-0.25, -0.2) is 0 Å². The second-order valence-corrected chi connectivity index (χ2v) is 9.30. The highest BCUT2D eigenvalue weighted by Gasteiger charge is 2.14. The van der Waals surface area contributed by atoms with Gasteiger partial charge < -0.3 is 15.4 Å². The van der Waals surface area contributed by atoms with Crippen molar-refractivity contribution < 1.29 is 9.53 Å². The minimum absolute atomic E-state index is 0.233. The molecule has 1 aliphatic rings. The molecule has 0 aromatic heterocycles. The number of benzene rings is 2. The Hall–Kier alpha value is -2.75. The molecule has 0 spiro atoms. The molecule has 4 heteroatoms. The molecule has 0 bridgehead atoms. The number of carbonyl (C=O) groups is 1. The van der Waals surface area contributed by atoms with E-state index < -0.39 is 0 Å². The van der Waals surface area contributed by atoms with Crippen LogP contribution in [0.15, 0.2) is 49.0 Å². The lowest BCUT2D eigenvalue weighted by Gasteiger charge is -2.30. The Balaban J connectivity index is 0.000000234. The smallest absolute Gasteiger partial charge is 0.221 e. The number of hydrogen-bond donors (Lipinski definition) is 1. The highest BCUT2D eigenvalue weighted by molar-refractivity contribution is 5.77. The Kier molecular flexibility index (Phi) is 11.0. The topological polar surface area (TPSA) is 55.6 Å². The fraction of sp³-hybridized carbons (Fsp3) is 0.483. The third kappa shape index (κ3) is 8.95. The number of carbonyl (C=O) groups excluding carboxylic acids is 1. The van der Waals surface area contributed by atoms with Crippen molar-refractivity contribution in [3.8, 4) is 5.75 Å². The molecule has 1 heterocycles. The van der Waals surface area contributed by atoms with Crippen molar-refractivity contribution in [1.29, 1.82) is 0 Å². The first-order valence-electron chi connectivity index (χ1n) is 12.3. The number of primary amides is 1. The van der Waals surface area contributed by atoms with Gasteiger partial charge in [0.2, 0.25) is 5.91 Å². The van der Waals surface area contributed by atoms with E-state index in [4.69, 9.17) is 10.5 Å². The Labute approximate surface area is 200 Å². The highest BCUT2D eigenvalue weighted by atomic mass is 16.5. The van der Waals surface area contributed by atoms with Gasteiger partial charge in [-0.2, -0.15) is 0 Å².